The molecule has 1 N–H and O–H groups in total. The van der Waals surface area contributed by atoms with Crippen molar-refractivity contribution in [1.82, 2.24) is 10.1 Å². The van der Waals surface area contributed by atoms with Crippen LogP contribution in [0.4, 0.5) is 19.0 Å². The van der Waals surface area contributed by atoms with E-state index < -0.39 is 11.7 Å². The monoisotopic (exact) mass is 333 g/mol. The molecule has 0 atom stereocenters. The second kappa shape index (κ2) is 6.56. The number of nitrogens with one attached hydrogen (secondary N) is 1. The Morgan fingerprint density at radius 2 is 2.05 bits per heavy atom. The van der Waals surface area contributed by atoms with Crippen molar-refractivity contribution in [2.45, 2.75) is 32.9 Å². The van der Waals surface area contributed by atoms with Crippen LogP contribution < -0.4 is 5.32 Å². The molecule has 0 saturated carbocycles. The van der Waals surface area contributed by atoms with Gasteiger partial charge in [-0.2, -0.15) is 13.2 Å². The van der Waals surface area contributed by atoms with Gasteiger partial charge < -0.3 is 9.84 Å². The number of aryl methyl sites for hydroxylation is 2. The second-order valence-corrected chi connectivity index (χ2v) is 5.29. The van der Waals surface area contributed by atoms with E-state index in [-0.39, 0.29) is 10.8 Å². The number of halogens is 4. The first-order chi connectivity index (χ1) is 10.3. The summed E-state index contributed by atoms with van der Waals surface area (Å²) in [5.41, 5.74) is 1.04. The maximum absolute atomic E-state index is 12.5. The molecule has 2 heterocycles. The number of alkyl halides is 3. The zero-order valence-corrected chi connectivity index (χ0v) is 12.8. The van der Waals surface area contributed by atoms with Crippen LogP contribution in [0.1, 0.15) is 29.0 Å². The van der Waals surface area contributed by atoms with Gasteiger partial charge in [-0.3, -0.25) is 0 Å². The molecule has 120 valence electrons. The average Bonchev–Trinajstić information content (AvgIpc) is 2.75. The first kappa shape index (κ1) is 16.6. The van der Waals surface area contributed by atoms with Gasteiger partial charge in [0, 0.05) is 18.3 Å². The molecule has 2 aromatic heterocycles. The minimum atomic E-state index is -4.45. The Balaban J connectivity index is 1.90. The molecule has 0 bridgehead atoms. The lowest BCUT2D eigenvalue weighted by Crippen LogP contribution is -2.09. The van der Waals surface area contributed by atoms with Gasteiger partial charge in [0.2, 0.25) is 0 Å². The number of pyridine rings is 1. The summed E-state index contributed by atoms with van der Waals surface area (Å²) in [6, 6.07) is 0.866. The van der Waals surface area contributed by atoms with Crippen LogP contribution in [0.3, 0.4) is 0 Å². The summed E-state index contributed by atoms with van der Waals surface area (Å²) < 4.78 is 42.6. The number of rotatable bonds is 5. The number of aromatic nitrogens is 2. The zero-order chi connectivity index (χ0) is 16.3. The Hall–Kier alpha value is -1.76. The standard InChI is InChI=1S/C14H15ClF3N3O/c1-8-11(9(2)22-21-8)4-3-5-19-13-12(15)6-10(7-20-13)14(16,17)18/h6-7H,3-5H2,1-2H3,(H,19,20). The molecular weight excluding hydrogens is 319 g/mol. The van der Waals surface area contributed by atoms with E-state index in [1.807, 2.05) is 13.8 Å². The molecule has 0 saturated heterocycles. The van der Waals surface area contributed by atoms with Crippen LogP contribution >= 0.6 is 11.6 Å². The summed E-state index contributed by atoms with van der Waals surface area (Å²) in [7, 11) is 0. The van der Waals surface area contributed by atoms with Gasteiger partial charge in [0.15, 0.2) is 0 Å². The fourth-order valence-corrected chi connectivity index (χ4v) is 2.29. The van der Waals surface area contributed by atoms with Gasteiger partial charge >= 0.3 is 6.18 Å². The number of nitrogens with zero attached hydrogens (tertiary/aromatic N) is 2. The van der Waals surface area contributed by atoms with E-state index in [0.29, 0.717) is 6.54 Å². The smallest absolute Gasteiger partial charge is 0.369 e. The highest BCUT2D eigenvalue weighted by molar-refractivity contribution is 6.32. The summed E-state index contributed by atoms with van der Waals surface area (Å²) in [6.45, 7) is 4.24. The topological polar surface area (TPSA) is 51.0 Å². The van der Waals surface area contributed by atoms with Crippen molar-refractivity contribution in [1.29, 1.82) is 0 Å². The lowest BCUT2D eigenvalue weighted by molar-refractivity contribution is -0.137. The first-order valence-electron chi connectivity index (χ1n) is 6.67. The van der Waals surface area contributed by atoms with Crippen molar-refractivity contribution in [3.8, 4) is 0 Å². The second-order valence-electron chi connectivity index (χ2n) is 4.89. The SMILES string of the molecule is Cc1noc(C)c1CCCNc1ncc(C(F)(F)F)cc1Cl. The lowest BCUT2D eigenvalue weighted by atomic mass is 10.1. The van der Waals surface area contributed by atoms with Gasteiger partial charge in [-0.1, -0.05) is 16.8 Å². The van der Waals surface area contributed by atoms with Crippen LogP contribution in [0.2, 0.25) is 5.02 Å². The van der Waals surface area contributed by atoms with Crippen molar-refractivity contribution in [2.75, 3.05) is 11.9 Å². The third-order valence-corrected chi connectivity index (χ3v) is 3.53. The molecule has 0 aliphatic rings. The number of hydrogen-bond donors (Lipinski definition) is 1. The van der Waals surface area contributed by atoms with Gasteiger partial charge in [0.05, 0.1) is 16.3 Å². The fourth-order valence-electron chi connectivity index (χ4n) is 2.05. The molecule has 0 spiro atoms. The molecular formula is C14H15ClF3N3O. The average molecular weight is 334 g/mol. The lowest BCUT2D eigenvalue weighted by Gasteiger charge is -2.10. The zero-order valence-electron chi connectivity index (χ0n) is 12.1. The Bertz CT molecular complexity index is 636. The van der Waals surface area contributed by atoms with E-state index in [2.05, 4.69) is 15.5 Å². The summed E-state index contributed by atoms with van der Waals surface area (Å²) in [6.07, 6.45) is -2.17. The fraction of sp³-hybridized carbons (Fsp3) is 0.429. The van der Waals surface area contributed by atoms with Crippen LogP contribution in [0.25, 0.3) is 0 Å². The van der Waals surface area contributed by atoms with E-state index in [1.54, 1.807) is 0 Å². The van der Waals surface area contributed by atoms with Crippen molar-refractivity contribution >= 4 is 17.4 Å². The normalized spacial score (nSPS) is 11.7. The van der Waals surface area contributed by atoms with Gasteiger partial charge in [-0.15, -0.1) is 0 Å². The maximum Gasteiger partial charge on any atom is 0.417 e. The molecule has 4 nitrogen and oxygen atoms in total. The van der Waals surface area contributed by atoms with E-state index in [9.17, 15) is 13.2 Å². The van der Waals surface area contributed by atoms with Crippen LogP contribution in [0.5, 0.6) is 0 Å². The van der Waals surface area contributed by atoms with E-state index >= 15 is 0 Å². The quantitative estimate of drug-likeness (QED) is 0.824. The molecule has 0 amide bonds. The predicted molar refractivity (Wildman–Crippen MR) is 77.0 cm³/mol. The minimum Gasteiger partial charge on any atom is -0.369 e. The first-order valence-corrected chi connectivity index (χ1v) is 7.05. The molecule has 8 heteroatoms. The van der Waals surface area contributed by atoms with Gasteiger partial charge in [0.25, 0.3) is 0 Å². The Morgan fingerprint density at radius 3 is 2.59 bits per heavy atom. The van der Waals surface area contributed by atoms with Crippen LogP contribution in [0.15, 0.2) is 16.8 Å². The van der Waals surface area contributed by atoms with Crippen molar-refractivity contribution in [3.05, 3.63) is 39.9 Å². The van der Waals surface area contributed by atoms with Gasteiger partial charge in [0.1, 0.15) is 11.6 Å². The highest BCUT2D eigenvalue weighted by atomic mass is 35.5. The van der Waals surface area contributed by atoms with Gasteiger partial charge in [-0.05, 0) is 32.8 Å². The highest BCUT2D eigenvalue weighted by Crippen LogP contribution is 2.32. The van der Waals surface area contributed by atoms with E-state index in [1.165, 1.54) is 0 Å². The number of hydrogen-bond acceptors (Lipinski definition) is 4. The van der Waals surface area contributed by atoms with Crippen molar-refractivity contribution < 1.29 is 17.7 Å². The number of anilines is 1. The predicted octanol–water partition coefficient (Wildman–Crippen LogP) is 4.40. The third kappa shape index (κ3) is 3.91. The third-order valence-electron chi connectivity index (χ3n) is 3.25. The molecule has 22 heavy (non-hydrogen) atoms. The summed E-state index contributed by atoms with van der Waals surface area (Å²) >= 11 is 5.81. The minimum absolute atomic E-state index is 0.0489. The molecule has 2 aromatic rings. The van der Waals surface area contributed by atoms with Crippen LogP contribution in [-0.4, -0.2) is 16.7 Å². The molecule has 0 aromatic carbocycles. The molecule has 0 aliphatic carbocycles. The summed E-state index contributed by atoms with van der Waals surface area (Å²) in [5, 5.41) is 6.75. The highest BCUT2D eigenvalue weighted by Gasteiger charge is 2.31. The Labute approximate surface area is 130 Å². The molecule has 2 rings (SSSR count). The molecule has 0 unspecified atom stereocenters. The van der Waals surface area contributed by atoms with Gasteiger partial charge in [-0.25, -0.2) is 4.98 Å². The maximum atomic E-state index is 12.5. The van der Waals surface area contributed by atoms with Crippen molar-refractivity contribution in [2.24, 2.45) is 0 Å². The largest absolute Gasteiger partial charge is 0.417 e. The summed E-state index contributed by atoms with van der Waals surface area (Å²) in [5.74, 6) is 1.02. The van der Waals surface area contributed by atoms with E-state index in [4.69, 9.17) is 16.1 Å². The van der Waals surface area contributed by atoms with E-state index in [0.717, 1.165) is 42.1 Å². The van der Waals surface area contributed by atoms with Crippen LogP contribution in [-0.2, 0) is 12.6 Å². The Kier molecular flexibility index (Phi) is 4.95. The Morgan fingerprint density at radius 1 is 1.32 bits per heavy atom. The molecule has 0 radical (unpaired) electrons. The van der Waals surface area contributed by atoms with Crippen LogP contribution in [0, 0.1) is 13.8 Å². The molecule has 0 aliphatic heterocycles. The molecule has 0 fully saturated rings. The van der Waals surface area contributed by atoms with Crippen molar-refractivity contribution in [3.63, 3.8) is 0 Å². The summed E-state index contributed by atoms with van der Waals surface area (Å²) in [4.78, 5) is 3.72.